The van der Waals surface area contributed by atoms with Crippen LogP contribution in [-0.2, 0) is 0 Å². The van der Waals surface area contributed by atoms with Gasteiger partial charge in [-0.3, -0.25) is 0 Å². The van der Waals surface area contributed by atoms with E-state index < -0.39 is 0 Å². The minimum absolute atomic E-state index is 0.134. The molecule has 16 heavy (non-hydrogen) atoms. The van der Waals surface area contributed by atoms with Crippen LogP contribution in [0.25, 0.3) is 0 Å². The fourth-order valence-corrected chi connectivity index (χ4v) is 2.41. The molecule has 0 radical (unpaired) electrons. The number of nitrogens with two attached hydrogens (primary N) is 1. The second kappa shape index (κ2) is 4.88. The van der Waals surface area contributed by atoms with Gasteiger partial charge in [-0.1, -0.05) is 19.1 Å². The van der Waals surface area contributed by atoms with Gasteiger partial charge in [-0.25, -0.2) is 0 Å². The molecule has 1 aromatic carbocycles. The van der Waals surface area contributed by atoms with Crippen molar-refractivity contribution in [3.63, 3.8) is 0 Å². The molecular formula is C14H22N2. The third-order valence-corrected chi connectivity index (χ3v) is 3.44. The molecule has 2 nitrogen and oxygen atoms in total. The Morgan fingerprint density at radius 1 is 1.31 bits per heavy atom. The van der Waals surface area contributed by atoms with Crippen molar-refractivity contribution >= 4 is 5.69 Å². The highest BCUT2D eigenvalue weighted by molar-refractivity contribution is 5.48. The average molecular weight is 218 g/mol. The molecule has 2 atom stereocenters. The Bertz CT molecular complexity index is 329. The lowest BCUT2D eigenvalue weighted by atomic mass is 9.99. The minimum Gasteiger partial charge on any atom is -0.371 e. The van der Waals surface area contributed by atoms with Crippen LogP contribution >= 0.6 is 0 Å². The zero-order valence-corrected chi connectivity index (χ0v) is 10.3. The van der Waals surface area contributed by atoms with Crippen molar-refractivity contribution < 1.29 is 0 Å². The van der Waals surface area contributed by atoms with Crippen molar-refractivity contribution in [2.75, 3.05) is 18.0 Å². The highest BCUT2D eigenvalue weighted by Gasteiger charge is 2.16. The first-order chi connectivity index (χ1) is 7.66. The Labute approximate surface area is 98.4 Å². The molecule has 1 aliphatic heterocycles. The predicted molar refractivity (Wildman–Crippen MR) is 69.7 cm³/mol. The smallest absolute Gasteiger partial charge is 0.0366 e. The Morgan fingerprint density at radius 2 is 2.00 bits per heavy atom. The van der Waals surface area contributed by atoms with Crippen molar-refractivity contribution in [3.05, 3.63) is 29.8 Å². The number of anilines is 1. The molecule has 1 fully saturated rings. The molecule has 0 bridgehead atoms. The van der Waals surface area contributed by atoms with Crippen LogP contribution in [-0.4, -0.2) is 13.1 Å². The third-order valence-electron chi connectivity index (χ3n) is 3.44. The van der Waals surface area contributed by atoms with Crippen LogP contribution < -0.4 is 10.6 Å². The van der Waals surface area contributed by atoms with Gasteiger partial charge in [-0.15, -0.1) is 0 Å². The van der Waals surface area contributed by atoms with Gasteiger partial charge in [0.2, 0.25) is 0 Å². The number of nitrogens with zero attached hydrogens (tertiary/aromatic N) is 1. The summed E-state index contributed by atoms with van der Waals surface area (Å²) in [5.41, 5.74) is 8.41. The maximum absolute atomic E-state index is 5.85. The summed E-state index contributed by atoms with van der Waals surface area (Å²) in [6.07, 6.45) is 2.69. The largest absolute Gasteiger partial charge is 0.371 e. The monoisotopic (exact) mass is 218 g/mol. The van der Waals surface area contributed by atoms with E-state index in [4.69, 9.17) is 5.73 Å². The Morgan fingerprint density at radius 3 is 2.56 bits per heavy atom. The van der Waals surface area contributed by atoms with E-state index in [1.54, 1.807) is 0 Å². The summed E-state index contributed by atoms with van der Waals surface area (Å²) < 4.78 is 0. The third kappa shape index (κ3) is 2.56. The highest BCUT2D eigenvalue weighted by atomic mass is 15.1. The van der Waals surface area contributed by atoms with Crippen molar-refractivity contribution in [2.45, 2.75) is 32.7 Å². The van der Waals surface area contributed by atoms with Crippen molar-refractivity contribution in [2.24, 2.45) is 11.7 Å². The van der Waals surface area contributed by atoms with E-state index >= 15 is 0 Å². The molecule has 0 saturated carbocycles. The molecule has 1 aromatic rings. The van der Waals surface area contributed by atoms with E-state index in [9.17, 15) is 0 Å². The molecular weight excluding hydrogens is 196 g/mol. The van der Waals surface area contributed by atoms with Gasteiger partial charge in [0, 0.05) is 24.8 Å². The molecule has 0 spiro atoms. The van der Waals surface area contributed by atoms with E-state index in [-0.39, 0.29) is 6.04 Å². The van der Waals surface area contributed by atoms with Gasteiger partial charge in [0.15, 0.2) is 0 Å². The molecule has 88 valence electrons. The zero-order chi connectivity index (χ0) is 11.5. The van der Waals surface area contributed by atoms with Gasteiger partial charge in [0.25, 0.3) is 0 Å². The summed E-state index contributed by atoms with van der Waals surface area (Å²) in [5, 5.41) is 0. The lowest BCUT2D eigenvalue weighted by molar-refractivity contribution is 0.447. The summed E-state index contributed by atoms with van der Waals surface area (Å²) in [5.74, 6) is 0.821. The van der Waals surface area contributed by atoms with E-state index in [1.165, 1.54) is 37.2 Å². The van der Waals surface area contributed by atoms with Crippen LogP contribution in [0.4, 0.5) is 5.69 Å². The lowest BCUT2D eigenvalue weighted by Crippen LogP contribution is -2.34. The van der Waals surface area contributed by atoms with Gasteiger partial charge in [-0.05, 0) is 43.4 Å². The topological polar surface area (TPSA) is 29.3 Å². The number of hydrogen-bond donors (Lipinski definition) is 1. The first-order valence-corrected chi connectivity index (χ1v) is 6.27. The zero-order valence-electron chi connectivity index (χ0n) is 10.3. The van der Waals surface area contributed by atoms with Crippen LogP contribution in [0.5, 0.6) is 0 Å². The van der Waals surface area contributed by atoms with E-state index in [0.717, 1.165) is 5.92 Å². The molecule has 2 N–H and O–H groups in total. The highest BCUT2D eigenvalue weighted by Crippen LogP contribution is 2.24. The van der Waals surface area contributed by atoms with Crippen molar-refractivity contribution in [3.8, 4) is 0 Å². The van der Waals surface area contributed by atoms with Crippen LogP contribution in [0.1, 0.15) is 38.3 Å². The normalized spacial score (nSPS) is 23.2. The summed E-state index contributed by atoms with van der Waals surface area (Å²) >= 11 is 0. The van der Waals surface area contributed by atoms with Crippen LogP contribution in [0, 0.1) is 5.92 Å². The molecule has 1 saturated heterocycles. The maximum atomic E-state index is 5.85. The summed E-state index contributed by atoms with van der Waals surface area (Å²) in [7, 11) is 0. The lowest BCUT2D eigenvalue weighted by Gasteiger charge is -2.33. The predicted octanol–water partition coefficient (Wildman–Crippen LogP) is 2.94. The first-order valence-electron chi connectivity index (χ1n) is 6.27. The SMILES string of the molecule is C[C@@H]1CCCN(c2ccc([C@H](C)N)cc2)C1. The summed E-state index contributed by atoms with van der Waals surface area (Å²) in [6.45, 7) is 6.75. The summed E-state index contributed by atoms with van der Waals surface area (Å²) in [6, 6.07) is 8.85. The molecule has 2 heteroatoms. The Balaban J connectivity index is 2.09. The van der Waals surface area contributed by atoms with Crippen LogP contribution in [0.3, 0.4) is 0 Å². The Kier molecular flexibility index (Phi) is 3.49. The number of benzene rings is 1. The van der Waals surface area contributed by atoms with Crippen LogP contribution in [0.15, 0.2) is 24.3 Å². The average Bonchev–Trinajstić information content (AvgIpc) is 2.29. The molecule has 1 aliphatic rings. The number of piperidine rings is 1. The quantitative estimate of drug-likeness (QED) is 0.827. The number of hydrogen-bond acceptors (Lipinski definition) is 2. The van der Waals surface area contributed by atoms with Gasteiger partial charge in [0.1, 0.15) is 0 Å². The van der Waals surface area contributed by atoms with E-state index in [1.807, 2.05) is 6.92 Å². The molecule has 0 amide bonds. The fraction of sp³-hybridized carbons (Fsp3) is 0.571. The second-order valence-electron chi connectivity index (χ2n) is 5.07. The van der Waals surface area contributed by atoms with Crippen molar-refractivity contribution in [1.29, 1.82) is 0 Å². The molecule has 0 unspecified atom stereocenters. The van der Waals surface area contributed by atoms with Gasteiger partial charge < -0.3 is 10.6 Å². The first kappa shape index (κ1) is 11.5. The van der Waals surface area contributed by atoms with Crippen molar-refractivity contribution in [1.82, 2.24) is 0 Å². The molecule has 0 aliphatic carbocycles. The standard InChI is InChI=1S/C14H22N2/c1-11-4-3-9-16(10-11)14-7-5-13(6-8-14)12(2)15/h5-8,11-12H,3-4,9-10,15H2,1-2H3/t11-,12+/m1/s1. The molecule has 1 heterocycles. The minimum atomic E-state index is 0.134. The van der Waals surface area contributed by atoms with Crippen LogP contribution in [0.2, 0.25) is 0 Å². The molecule has 0 aromatic heterocycles. The van der Waals surface area contributed by atoms with E-state index in [0.29, 0.717) is 0 Å². The maximum Gasteiger partial charge on any atom is 0.0366 e. The Hall–Kier alpha value is -1.02. The van der Waals surface area contributed by atoms with E-state index in [2.05, 4.69) is 36.1 Å². The summed E-state index contributed by atoms with van der Waals surface area (Å²) in [4.78, 5) is 2.49. The number of rotatable bonds is 2. The van der Waals surface area contributed by atoms with Gasteiger partial charge >= 0.3 is 0 Å². The molecule has 2 rings (SSSR count). The van der Waals surface area contributed by atoms with Gasteiger partial charge in [-0.2, -0.15) is 0 Å². The fourth-order valence-electron chi connectivity index (χ4n) is 2.41. The van der Waals surface area contributed by atoms with Gasteiger partial charge in [0.05, 0.1) is 0 Å². The second-order valence-corrected chi connectivity index (χ2v) is 5.07.